The van der Waals surface area contributed by atoms with Crippen molar-refractivity contribution in [3.63, 3.8) is 0 Å². The van der Waals surface area contributed by atoms with Gasteiger partial charge in [0.1, 0.15) is 0 Å². The molecule has 0 fully saturated rings. The number of carbonyl (C=O) groups excluding carboxylic acids is 3. The van der Waals surface area contributed by atoms with Gasteiger partial charge in [-0.2, -0.15) is 0 Å². The molecule has 0 N–H and O–H groups in total. The zero-order valence-corrected chi connectivity index (χ0v) is 31.1. The van der Waals surface area contributed by atoms with Crippen LogP contribution in [0.3, 0.4) is 0 Å². The van der Waals surface area contributed by atoms with Gasteiger partial charge in [0.25, 0.3) is 0 Å². The molecule has 0 radical (unpaired) electrons. The van der Waals surface area contributed by atoms with Crippen LogP contribution in [-0.2, 0) is 23.6 Å². The average molecular weight is 704 g/mol. The molecule has 0 aromatic heterocycles. The first-order chi connectivity index (χ1) is 20.4. The van der Waals surface area contributed by atoms with Crippen molar-refractivity contribution in [1.29, 1.82) is 0 Å². The van der Waals surface area contributed by atoms with Crippen molar-refractivity contribution in [3.05, 3.63) is 0 Å². The van der Waals surface area contributed by atoms with Gasteiger partial charge in [0, 0.05) is 0 Å². The van der Waals surface area contributed by atoms with Crippen molar-refractivity contribution in [2.24, 2.45) is 0 Å². The van der Waals surface area contributed by atoms with E-state index in [1.165, 1.54) is 70.6 Å². The normalized spacial score (nSPS) is 11.4. The minimum absolute atomic E-state index is 0.283. The molecule has 7 heteroatoms. The maximum absolute atomic E-state index is 13.1. The van der Waals surface area contributed by atoms with E-state index in [0.29, 0.717) is 4.44 Å². The molecule has 248 valence electrons. The molecular formula is C35H68O6Sn. The standard InChI is InChI=1S/3C9H18O2.C8H17.Sn/c3*1-2-3-4-5-6-7-8-9(10)11;1-3-5-7-8-6-4-2;/h3*2-8H2,1H3,(H,10,11);1,3-8H2,2H3;/q;;;;+3/p-3. The fraction of sp³-hybridized carbons (Fsp3) is 0.914. The molecule has 0 saturated carbocycles. The molecule has 42 heavy (non-hydrogen) atoms. The van der Waals surface area contributed by atoms with Gasteiger partial charge in [-0.25, -0.2) is 0 Å². The Balaban J connectivity index is 5.36. The van der Waals surface area contributed by atoms with Crippen molar-refractivity contribution in [3.8, 4) is 0 Å². The third-order valence-corrected chi connectivity index (χ3v) is 15.2. The fourth-order valence-electron chi connectivity index (χ4n) is 5.16. The maximum atomic E-state index is 13.1. The van der Waals surface area contributed by atoms with E-state index in [-0.39, 0.29) is 37.2 Å². The second-order valence-corrected chi connectivity index (χ2v) is 19.2. The van der Waals surface area contributed by atoms with Crippen molar-refractivity contribution >= 4 is 37.5 Å². The predicted octanol–water partition coefficient (Wildman–Crippen LogP) is 11.2. The Bertz CT molecular complexity index is 579. The van der Waals surface area contributed by atoms with E-state index in [4.69, 9.17) is 9.22 Å². The number of rotatable bonds is 31. The molecule has 0 heterocycles. The van der Waals surface area contributed by atoms with Crippen LogP contribution in [0.15, 0.2) is 0 Å². The Morgan fingerprint density at radius 3 is 0.881 bits per heavy atom. The average Bonchev–Trinajstić information content (AvgIpc) is 2.96. The van der Waals surface area contributed by atoms with E-state index >= 15 is 0 Å². The first-order valence-electron chi connectivity index (χ1n) is 18.1. The van der Waals surface area contributed by atoms with Crippen molar-refractivity contribution < 1.29 is 23.6 Å². The summed E-state index contributed by atoms with van der Waals surface area (Å²) in [7, 11) is 0. The second-order valence-electron chi connectivity index (χ2n) is 12.2. The van der Waals surface area contributed by atoms with Crippen molar-refractivity contribution in [1.82, 2.24) is 0 Å². The Kier molecular flexibility index (Phi) is 29.7. The minimum atomic E-state index is -4.81. The van der Waals surface area contributed by atoms with Crippen LogP contribution in [0.25, 0.3) is 0 Å². The molecule has 0 spiro atoms. The fourth-order valence-corrected chi connectivity index (χ4v) is 12.2. The van der Waals surface area contributed by atoms with Gasteiger partial charge in [0.15, 0.2) is 0 Å². The molecule has 0 bridgehead atoms. The first kappa shape index (κ1) is 41.2. The van der Waals surface area contributed by atoms with E-state index in [2.05, 4.69) is 27.7 Å². The first-order valence-corrected chi connectivity index (χ1v) is 23.6. The molecule has 0 atom stereocenters. The summed E-state index contributed by atoms with van der Waals surface area (Å²) in [5.41, 5.74) is 0. The summed E-state index contributed by atoms with van der Waals surface area (Å²) in [5, 5.41) is 0. The zero-order valence-electron chi connectivity index (χ0n) is 28.2. The zero-order chi connectivity index (χ0) is 31.2. The molecule has 0 amide bonds. The van der Waals surface area contributed by atoms with Gasteiger partial charge in [0.05, 0.1) is 0 Å². The molecule has 0 saturated heterocycles. The Labute approximate surface area is 265 Å². The van der Waals surface area contributed by atoms with E-state index in [1.807, 2.05) is 0 Å². The number of hydrogen-bond acceptors (Lipinski definition) is 6. The summed E-state index contributed by atoms with van der Waals surface area (Å²) < 4.78 is 18.5. The molecular weight excluding hydrogens is 635 g/mol. The molecule has 0 rings (SSSR count). The van der Waals surface area contributed by atoms with E-state index in [0.717, 1.165) is 83.5 Å². The number of hydrogen-bond donors (Lipinski definition) is 0. The topological polar surface area (TPSA) is 78.9 Å². The molecule has 0 aliphatic heterocycles. The molecule has 0 aliphatic carbocycles. The second kappa shape index (κ2) is 30.2. The Morgan fingerprint density at radius 1 is 0.357 bits per heavy atom. The summed E-state index contributed by atoms with van der Waals surface area (Å²) in [4.78, 5) is 39.2. The quantitative estimate of drug-likeness (QED) is 0.0528. The van der Waals surface area contributed by atoms with Gasteiger partial charge in [-0.05, 0) is 0 Å². The SMILES string of the molecule is CCCCCCCCC(=O)[O][Sn]([CH2]CCCCCCC)([O]C(=O)CCCCCCCC)[O]C(=O)CCCCCCCC. The molecule has 0 aliphatic rings. The Morgan fingerprint density at radius 2 is 0.595 bits per heavy atom. The van der Waals surface area contributed by atoms with Crippen LogP contribution in [0.1, 0.15) is 201 Å². The monoisotopic (exact) mass is 704 g/mol. The summed E-state index contributed by atoms with van der Waals surface area (Å²) in [6.07, 6.45) is 26.4. The summed E-state index contributed by atoms with van der Waals surface area (Å²) >= 11 is -4.81. The summed E-state index contributed by atoms with van der Waals surface area (Å²) in [5.74, 6) is -1.11. The number of carbonyl (C=O) groups is 3. The van der Waals surface area contributed by atoms with Crippen LogP contribution < -0.4 is 0 Å². The van der Waals surface area contributed by atoms with Crippen LogP contribution in [-0.4, -0.2) is 37.5 Å². The van der Waals surface area contributed by atoms with Gasteiger partial charge in [-0.1, -0.05) is 0 Å². The molecule has 0 aromatic carbocycles. The van der Waals surface area contributed by atoms with Crippen LogP contribution in [0.5, 0.6) is 0 Å². The van der Waals surface area contributed by atoms with Crippen molar-refractivity contribution in [2.75, 3.05) is 0 Å². The predicted molar refractivity (Wildman–Crippen MR) is 176 cm³/mol. The third kappa shape index (κ3) is 25.7. The van der Waals surface area contributed by atoms with Gasteiger partial charge in [0.2, 0.25) is 0 Å². The van der Waals surface area contributed by atoms with Crippen LogP contribution in [0.4, 0.5) is 0 Å². The van der Waals surface area contributed by atoms with E-state index < -0.39 is 19.6 Å². The van der Waals surface area contributed by atoms with Crippen LogP contribution >= 0.6 is 0 Å². The third-order valence-electron chi connectivity index (χ3n) is 7.85. The number of unbranched alkanes of at least 4 members (excludes halogenated alkanes) is 20. The van der Waals surface area contributed by atoms with Crippen LogP contribution in [0.2, 0.25) is 4.44 Å². The molecule has 0 aromatic rings. The van der Waals surface area contributed by atoms with Gasteiger partial charge in [-0.3, -0.25) is 0 Å². The van der Waals surface area contributed by atoms with E-state index in [1.54, 1.807) is 0 Å². The molecule has 6 nitrogen and oxygen atoms in total. The van der Waals surface area contributed by atoms with Gasteiger partial charge in [-0.15, -0.1) is 0 Å². The molecule has 0 unspecified atom stereocenters. The summed E-state index contributed by atoms with van der Waals surface area (Å²) in [6.45, 7) is 8.76. The Hall–Kier alpha value is -0.791. The van der Waals surface area contributed by atoms with Crippen LogP contribution in [0, 0.1) is 0 Å². The summed E-state index contributed by atoms with van der Waals surface area (Å²) in [6, 6.07) is 0. The van der Waals surface area contributed by atoms with Crippen molar-refractivity contribution in [2.45, 2.75) is 205 Å². The van der Waals surface area contributed by atoms with Gasteiger partial charge >= 0.3 is 267 Å². The van der Waals surface area contributed by atoms with Gasteiger partial charge < -0.3 is 0 Å². The van der Waals surface area contributed by atoms with E-state index in [9.17, 15) is 14.4 Å².